The van der Waals surface area contributed by atoms with Crippen molar-refractivity contribution in [1.82, 2.24) is 9.38 Å². The maximum atomic E-state index is 5.58. The minimum Gasteiger partial charge on any atom is -0.330 e. The molecule has 0 fully saturated rings. The smallest absolute Gasteiger partial charge is 0.137 e. The molecule has 0 saturated heterocycles. The maximum absolute atomic E-state index is 5.58. The average molecular weight is 189 g/mol. The van der Waals surface area contributed by atoms with Crippen LogP contribution < -0.4 is 5.73 Å². The van der Waals surface area contributed by atoms with Crippen molar-refractivity contribution in [3.05, 3.63) is 35.3 Å². The number of nitrogens with two attached hydrogens (primary N) is 1. The number of imidazole rings is 1. The van der Waals surface area contributed by atoms with Crippen LogP contribution in [0.3, 0.4) is 0 Å². The van der Waals surface area contributed by atoms with E-state index in [-0.39, 0.29) is 0 Å². The second-order valence-corrected chi connectivity index (χ2v) is 3.62. The first-order valence-corrected chi connectivity index (χ1v) is 4.86. The minimum absolute atomic E-state index is 0.669. The Morgan fingerprint density at radius 2 is 2.14 bits per heavy atom. The zero-order valence-electron chi connectivity index (χ0n) is 8.62. The average Bonchev–Trinajstić information content (AvgIpc) is 2.45. The normalized spacial score (nSPS) is 11.1. The first-order chi connectivity index (χ1) is 6.72. The SMILES string of the molecule is Cc1ccc2nc(C)c(CCN)n2c1. The van der Waals surface area contributed by atoms with E-state index >= 15 is 0 Å². The van der Waals surface area contributed by atoms with Crippen LogP contribution in [-0.4, -0.2) is 15.9 Å². The van der Waals surface area contributed by atoms with Gasteiger partial charge in [0.2, 0.25) is 0 Å². The van der Waals surface area contributed by atoms with Crippen LogP contribution in [0.2, 0.25) is 0 Å². The van der Waals surface area contributed by atoms with E-state index in [9.17, 15) is 0 Å². The fraction of sp³-hybridized carbons (Fsp3) is 0.364. The van der Waals surface area contributed by atoms with E-state index in [0.717, 1.165) is 17.8 Å². The number of pyridine rings is 1. The lowest BCUT2D eigenvalue weighted by atomic mass is 10.2. The van der Waals surface area contributed by atoms with Crippen LogP contribution in [0, 0.1) is 13.8 Å². The molecule has 0 radical (unpaired) electrons. The molecule has 2 N–H and O–H groups in total. The number of hydrogen-bond acceptors (Lipinski definition) is 2. The van der Waals surface area contributed by atoms with Crippen LogP contribution in [0.1, 0.15) is 17.0 Å². The summed E-state index contributed by atoms with van der Waals surface area (Å²) in [5.74, 6) is 0. The first kappa shape index (κ1) is 9.21. The molecule has 3 nitrogen and oxygen atoms in total. The molecule has 0 unspecified atom stereocenters. The van der Waals surface area contributed by atoms with Gasteiger partial charge in [-0.25, -0.2) is 4.98 Å². The maximum Gasteiger partial charge on any atom is 0.137 e. The molecule has 74 valence electrons. The van der Waals surface area contributed by atoms with E-state index in [1.165, 1.54) is 11.3 Å². The zero-order chi connectivity index (χ0) is 10.1. The van der Waals surface area contributed by atoms with Gasteiger partial charge in [-0.05, 0) is 32.0 Å². The van der Waals surface area contributed by atoms with Gasteiger partial charge >= 0.3 is 0 Å². The standard InChI is InChI=1S/C11H15N3/c1-8-3-4-11-13-9(2)10(5-6-12)14(11)7-8/h3-4,7H,5-6,12H2,1-2H3. The van der Waals surface area contributed by atoms with Crippen molar-refractivity contribution in [2.45, 2.75) is 20.3 Å². The summed E-state index contributed by atoms with van der Waals surface area (Å²) >= 11 is 0. The summed E-state index contributed by atoms with van der Waals surface area (Å²) in [5, 5.41) is 0. The summed E-state index contributed by atoms with van der Waals surface area (Å²) in [6, 6.07) is 4.12. The third-order valence-corrected chi connectivity index (χ3v) is 2.45. The highest BCUT2D eigenvalue weighted by molar-refractivity contribution is 5.44. The molecule has 0 aliphatic carbocycles. The van der Waals surface area contributed by atoms with Gasteiger partial charge in [0.15, 0.2) is 0 Å². The van der Waals surface area contributed by atoms with Crippen LogP contribution in [0.15, 0.2) is 18.3 Å². The summed E-state index contributed by atoms with van der Waals surface area (Å²) in [4.78, 5) is 4.48. The largest absolute Gasteiger partial charge is 0.330 e. The molecule has 0 aromatic carbocycles. The van der Waals surface area contributed by atoms with Crippen molar-refractivity contribution in [3.8, 4) is 0 Å². The van der Waals surface area contributed by atoms with Crippen molar-refractivity contribution < 1.29 is 0 Å². The molecule has 2 aromatic rings. The molecular weight excluding hydrogens is 174 g/mol. The molecular formula is C11H15N3. The van der Waals surface area contributed by atoms with Crippen molar-refractivity contribution in [2.75, 3.05) is 6.54 Å². The molecule has 2 rings (SSSR count). The molecule has 0 amide bonds. The van der Waals surface area contributed by atoms with Crippen molar-refractivity contribution in [3.63, 3.8) is 0 Å². The van der Waals surface area contributed by atoms with E-state index in [2.05, 4.69) is 28.6 Å². The lowest BCUT2D eigenvalue weighted by molar-refractivity contribution is 0.891. The summed E-state index contributed by atoms with van der Waals surface area (Å²) in [7, 11) is 0. The van der Waals surface area contributed by atoms with Gasteiger partial charge in [0.1, 0.15) is 5.65 Å². The van der Waals surface area contributed by atoms with Crippen LogP contribution in [0.25, 0.3) is 5.65 Å². The van der Waals surface area contributed by atoms with E-state index < -0.39 is 0 Å². The molecule has 2 heterocycles. The molecule has 0 atom stereocenters. The van der Waals surface area contributed by atoms with E-state index in [0.29, 0.717) is 6.54 Å². The summed E-state index contributed by atoms with van der Waals surface area (Å²) in [6.07, 6.45) is 3.00. The third-order valence-electron chi connectivity index (χ3n) is 2.45. The van der Waals surface area contributed by atoms with Gasteiger partial charge in [0, 0.05) is 18.3 Å². The van der Waals surface area contributed by atoms with E-state index in [1.54, 1.807) is 0 Å². The van der Waals surface area contributed by atoms with E-state index in [4.69, 9.17) is 5.73 Å². The van der Waals surface area contributed by atoms with Gasteiger partial charge in [-0.15, -0.1) is 0 Å². The van der Waals surface area contributed by atoms with Crippen molar-refractivity contribution in [2.24, 2.45) is 5.73 Å². The summed E-state index contributed by atoms with van der Waals surface area (Å²) in [5.41, 5.74) is 10.1. The Labute approximate surface area is 83.6 Å². The van der Waals surface area contributed by atoms with Crippen molar-refractivity contribution >= 4 is 5.65 Å². The van der Waals surface area contributed by atoms with Gasteiger partial charge in [-0.1, -0.05) is 6.07 Å². The molecule has 0 aliphatic heterocycles. The van der Waals surface area contributed by atoms with Gasteiger partial charge in [-0.3, -0.25) is 0 Å². The van der Waals surface area contributed by atoms with Crippen LogP contribution in [0.5, 0.6) is 0 Å². The number of aromatic nitrogens is 2. The topological polar surface area (TPSA) is 43.3 Å². The number of hydrogen-bond donors (Lipinski definition) is 1. The highest BCUT2D eigenvalue weighted by Crippen LogP contribution is 2.13. The minimum atomic E-state index is 0.669. The Morgan fingerprint density at radius 3 is 2.86 bits per heavy atom. The quantitative estimate of drug-likeness (QED) is 0.777. The molecule has 0 aliphatic rings. The third kappa shape index (κ3) is 1.40. The highest BCUT2D eigenvalue weighted by Gasteiger charge is 2.06. The van der Waals surface area contributed by atoms with E-state index in [1.807, 2.05) is 13.0 Å². The predicted molar refractivity (Wildman–Crippen MR) is 57.4 cm³/mol. The Kier molecular flexibility index (Phi) is 2.25. The fourth-order valence-electron chi connectivity index (χ4n) is 1.76. The second kappa shape index (κ2) is 3.42. The molecule has 0 saturated carbocycles. The van der Waals surface area contributed by atoms with Gasteiger partial charge in [0.25, 0.3) is 0 Å². The predicted octanol–water partition coefficient (Wildman–Crippen LogP) is 1.45. The van der Waals surface area contributed by atoms with Crippen LogP contribution >= 0.6 is 0 Å². The first-order valence-electron chi connectivity index (χ1n) is 4.86. The lowest BCUT2D eigenvalue weighted by Gasteiger charge is -2.01. The monoisotopic (exact) mass is 189 g/mol. The second-order valence-electron chi connectivity index (χ2n) is 3.62. The van der Waals surface area contributed by atoms with Crippen LogP contribution in [0.4, 0.5) is 0 Å². The molecule has 3 heteroatoms. The van der Waals surface area contributed by atoms with Gasteiger partial charge in [-0.2, -0.15) is 0 Å². The molecule has 2 aromatic heterocycles. The summed E-state index contributed by atoms with van der Waals surface area (Å²) in [6.45, 7) is 4.79. The Hall–Kier alpha value is -1.35. The number of nitrogens with zero attached hydrogens (tertiary/aromatic N) is 2. The summed E-state index contributed by atoms with van der Waals surface area (Å²) < 4.78 is 2.14. The molecule has 14 heavy (non-hydrogen) atoms. The Morgan fingerprint density at radius 1 is 1.36 bits per heavy atom. The highest BCUT2D eigenvalue weighted by atomic mass is 15.0. The number of rotatable bonds is 2. The number of aryl methyl sites for hydroxylation is 2. The van der Waals surface area contributed by atoms with Gasteiger partial charge in [0.05, 0.1) is 5.69 Å². The fourth-order valence-corrected chi connectivity index (χ4v) is 1.76. The number of fused-ring (bicyclic) bond motifs is 1. The molecule has 0 spiro atoms. The lowest BCUT2D eigenvalue weighted by Crippen LogP contribution is -2.06. The van der Waals surface area contributed by atoms with Crippen molar-refractivity contribution in [1.29, 1.82) is 0 Å². The Bertz CT molecular complexity index is 457. The Balaban J connectivity index is 2.66. The zero-order valence-corrected chi connectivity index (χ0v) is 8.62. The van der Waals surface area contributed by atoms with Crippen LogP contribution in [-0.2, 0) is 6.42 Å². The molecule has 0 bridgehead atoms. The van der Waals surface area contributed by atoms with Gasteiger partial charge < -0.3 is 10.1 Å².